The molecule has 3 nitrogen and oxygen atoms in total. The molecule has 3 atom stereocenters. The van der Waals surface area contributed by atoms with Gasteiger partial charge in [-0.1, -0.05) is 0 Å². The van der Waals surface area contributed by atoms with Crippen molar-refractivity contribution >= 4 is 0 Å². The second-order valence-electron chi connectivity index (χ2n) is 5.44. The topological polar surface area (TPSA) is 38.7 Å². The van der Waals surface area contributed by atoms with E-state index >= 15 is 0 Å². The Hall–Kier alpha value is -0.120. The minimum atomic E-state index is -0.547. The normalized spacial score (nSPS) is 34.1. The molecule has 0 spiro atoms. The minimum Gasteiger partial charge on any atom is -0.390 e. The first-order valence-corrected chi connectivity index (χ1v) is 6.60. The molecule has 0 radical (unpaired) electrons. The fraction of sp³-hybridized carbons (Fsp3) is 1.00. The van der Waals surface area contributed by atoms with Crippen molar-refractivity contribution in [3.8, 4) is 0 Å². The molecule has 2 aliphatic heterocycles. The van der Waals surface area contributed by atoms with Gasteiger partial charge in [0.1, 0.15) is 0 Å². The van der Waals surface area contributed by atoms with Crippen LogP contribution >= 0.6 is 0 Å². The Morgan fingerprint density at radius 1 is 1.31 bits per heavy atom. The van der Waals surface area contributed by atoms with Gasteiger partial charge in [0.25, 0.3) is 0 Å². The van der Waals surface area contributed by atoms with E-state index in [2.05, 4.69) is 0 Å². The molecule has 2 rings (SSSR count). The van der Waals surface area contributed by atoms with E-state index in [0.29, 0.717) is 12.0 Å². The Morgan fingerprint density at radius 2 is 2.19 bits per heavy atom. The summed E-state index contributed by atoms with van der Waals surface area (Å²) in [5, 5.41) is 10.4. The van der Waals surface area contributed by atoms with Gasteiger partial charge in [-0.2, -0.15) is 0 Å². The third-order valence-electron chi connectivity index (χ3n) is 4.04. The number of ether oxygens (including phenoxy) is 2. The zero-order chi connectivity index (χ0) is 11.4. The minimum absolute atomic E-state index is 0.331. The van der Waals surface area contributed by atoms with E-state index in [-0.39, 0.29) is 0 Å². The fourth-order valence-electron chi connectivity index (χ4n) is 2.79. The van der Waals surface area contributed by atoms with Crippen LogP contribution in [0.15, 0.2) is 0 Å². The molecule has 0 aromatic carbocycles. The van der Waals surface area contributed by atoms with E-state index in [0.717, 1.165) is 45.5 Å². The fourth-order valence-corrected chi connectivity index (χ4v) is 2.79. The molecule has 2 aliphatic rings. The predicted molar refractivity (Wildman–Crippen MR) is 62.4 cm³/mol. The Bertz CT molecular complexity index is 203. The third-order valence-corrected chi connectivity index (χ3v) is 4.04. The summed E-state index contributed by atoms with van der Waals surface area (Å²) in [6.45, 7) is 4.43. The standard InChI is InChI=1S/C13H24O3/c1-13(14,11-6-9-15-10-11)7-2-4-12-5-3-8-16-12/h11-12,14H,2-10H2,1H3. The van der Waals surface area contributed by atoms with Crippen molar-refractivity contribution in [2.45, 2.75) is 57.2 Å². The molecule has 2 heterocycles. The van der Waals surface area contributed by atoms with Gasteiger partial charge in [-0.25, -0.2) is 0 Å². The Labute approximate surface area is 98.1 Å². The van der Waals surface area contributed by atoms with Crippen LogP contribution < -0.4 is 0 Å². The zero-order valence-electron chi connectivity index (χ0n) is 10.3. The highest BCUT2D eigenvalue weighted by Gasteiger charge is 2.34. The van der Waals surface area contributed by atoms with Crippen molar-refractivity contribution < 1.29 is 14.6 Å². The number of aliphatic hydroxyl groups is 1. The van der Waals surface area contributed by atoms with Gasteiger partial charge in [0.05, 0.1) is 18.3 Å². The molecule has 1 N–H and O–H groups in total. The van der Waals surface area contributed by atoms with E-state index < -0.39 is 5.60 Å². The Morgan fingerprint density at radius 3 is 2.81 bits per heavy atom. The average Bonchev–Trinajstić information content (AvgIpc) is 2.90. The molecule has 0 bridgehead atoms. The molecule has 0 aromatic heterocycles. The molecule has 0 saturated carbocycles. The van der Waals surface area contributed by atoms with Gasteiger partial charge in [-0.15, -0.1) is 0 Å². The van der Waals surface area contributed by atoms with Crippen LogP contribution in [0.2, 0.25) is 0 Å². The molecular formula is C13H24O3. The first-order chi connectivity index (χ1) is 7.68. The lowest BCUT2D eigenvalue weighted by Crippen LogP contribution is -2.35. The lowest BCUT2D eigenvalue weighted by molar-refractivity contribution is -0.0170. The van der Waals surface area contributed by atoms with Crippen LogP contribution in [0.25, 0.3) is 0 Å². The van der Waals surface area contributed by atoms with Gasteiger partial charge < -0.3 is 14.6 Å². The highest BCUT2D eigenvalue weighted by molar-refractivity contribution is 4.84. The summed E-state index contributed by atoms with van der Waals surface area (Å²) in [6, 6.07) is 0. The number of hydrogen-bond acceptors (Lipinski definition) is 3. The van der Waals surface area contributed by atoms with Crippen molar-refractivity contribution in [1.82, 2.24) is 0 Å². The molecular weight excluding hydrogens is 204 g/mol. The van der Waals surface area contributed by atoms with Gasteiger partial charge in [0.15, 0.2) is 0 Å². The Kier molecular flexibility index (Phi) is 4.22. The number of rotatable bonds is 5. The van der Waals surface area contributed by atoms with E-state index in [1.54, 1.807) is 0 Å². The zero-order valence-corrected chi connectivity index (χ0v) is 10.3. The van der Waals surface area contributed by atoms with E-state index in [1.807, 2.05) is 6.92 Å². The quantitative estimate of drug-likeness (QED) is 0.783. The van der Waals surface area contributed by atoms with E-state index in [4.69, 9.17) is 9.47 Å². The van der Waals surface area contributed by atoms with Crippen molar-refractivity contribution in [2.75, 3.05) is 19.8 Å². The van der Waals surface area contributed by atoms with Crippen LogP contribution in [0, 0.1) is 5.92 Å². The van der Waals surface area contributed by atoms with Crippen LogP contribution in [0.4, 0.5) is 0 Å². The third kappa shape index (κ3) is 3.19. The first kappa shape index (κ1) is 12.3. The van der Waals surface area contributed by atoms with Gasteiger partial charge >= 0.3 is 0 Å². The molecule has 2 fully saturated rings. The SMILES string of the molecule is CC(O)(CCCC1CCCO1)C1CCOC1. The predicted octanol–water partition coefficient (Wildman–Crippen LogP) is 2.12. The van der Waals surface area contributed by atoms with Gasteiger partial charge in [0, 0.05) is 19.1 Å². The largest absolute Gasteiger partial charge is 0.390 e. The highest BCUT2D eigenvalue weighted by atomic mass is 16.5. The van der Waals surface area contributed by atoms with Crippen LogP contribution in [0.5, 0.6) is 0 Å². The second-order valence-corrected chi connectivity index (χ2v) is 5.44. The van der Waals surface area contributed by atoms with Crippen molar-refractivity contribution in [2.24, 2.45) is 5.92 Å². The van der Waals surface area contributed by atoms with Crippen molar-refractivity contribution in [3.05, 3.63) is 0 Å². The highest BCUT2D eigenvalue weighted by Crippen LogP contribution is 2.31. The molecule has 2 saturated heterocycles. The summed E-state index contributed by atoms with van der Waals surface area (Å²) < 4.78 is 10.9. The summed E-state index contributed by atoms with van der Waals surface area (Å²) in [5.41, 5.74) is -0.547. The molecule has 0 amide bonds. The molecule has 16 heavy (non-hydrogen) atoms. The van der Waals surface area contributed by atoms with Gasteiger partial charge in [0.2, 0.25) is 0 Å². The Balaban J connectivity index is 1.66. The van der Waals surface area contributed by atoms with Crippen LogP contribution in [0.1, 0.15) is 45.4 Å². The van der Waals surface area contributed by atoms with E-state index in [9.17, 15) is 5.11 Å². The maximum Gasteiger partial charge on any atom is 0.0670 e. The molecule has 3 heteroatoms. The maximum atomic E-state index is 10.4. The van der Waals surface area contributed by atoms with Gasteiger partial charge in [-0.3, -0.25) is 0 Å². The summed E-state index contributed by atoms with van der Waals surface area (Å²) >= 11 is 0. The van der Waals surface area contributed by atoms with Crippen molar-refractivity contribution in [3.63, 3.8) is 0 Å². The molecule has 0 aromatic rings. The first-order valence-electron chi connectivity index (χ1n) is 6.60. The van der Waals surface area contributed by atoms with Crippen molar-refractivity contribution in [1.29, 1.82) is 0 Å². The average molecular weight is 228 g/mol. The molecule has 94 valence electrons. The smallest absolute Gasteiger partial charge is 0.0670 e. The van der Waals surface area contributed by atoms with Crippen LogP contribution in [-0.2, 0) is 9.47 Å². The van der Waals surface area contributed by atoms with Crippen LogP contribution in [-0.4, -0.2) is 36.6 Å². The maximum absolute atomic E-state index is 10.4. The van der Waals surface area contributed by atoms with E-state index in [1.165, 1.54) is 12.8 Å². The monoisotopic (exact) mass is 228 g/mol. The molecule has 0 aliphatic carbocycles. The summed E-state index contributed by atoms with van der Waals surface area (Å²) in [7, 11) is 0. The van der Waals surface area contributed by atoms with Gasteiger partial charge in [-0.05, 0) is 45.4 Å². The summed E-state index contributed by atoms with van der Waals surface area (Å²) in [6.07, 6.45) is 6.91. The number of hydrogen-bond donors (Lipinski definition) is 1. The lowest BCUT2D eigenvalue weighted by Gasteiger charge is -2.29. The summed E-state index contributed by atoms with van der Waals surface area (Å²) in [5.74, 6) is 0.331. The van der Waals surface area contributed by atoms with Crippen LogP contribution in [0.3, 0.4) is 0 Å². The summed E-state index contributed by atoms with van der Waals surface area (Å²) in [4.78, 5) is 0. The molecule has 3 unspecified atom stereocenters. The lowest BCUT2D eigenvalue weighted by atomic mass is 9.84. The second kappa shape index (κ2) is 5.48.